The fourth-order valence-corrected chi connectivity index (χ4v) is 1.76. The lowest BCUT2D eigenvalue weighted by atomic mass is 10.2. The smallest absolute Gasteiger partial charge is 0.128 e. The number of aromatic nitrogens is 2. The van der Waals surface area contributed by atoms with E-state index in [1.807, 2.05) is 24.5 Å². The number of rotatable bonds is 2. The van der Waals surface area contributed by atoms with Gasteiger partial charge in [-0.2, -0.15) is 10.4 Å². The molecule has 2 aromatic rings. The fourth-order valence-electron chi connectivity index (χ4n) is 1.36. The Morgan fingerprint density at radius 1 is 1.38 bits per heavy atom. The second-order valence-corrected chi connectivity index (χ2v) is 4.01. The number of hydrogen-bond acceptors (Lipinski definition) is 4. The molecule has 5 heteroatoms. The highest BCUT2D eigenvalue weighted by Gasteiger charge is 2.05. The molecule has 16 heavy (non-hydrogen) atoms. The number of nitrogens with zero attached hydrogens (tertiary/aromatic N) is 3. The predicted molar refractivity (Wildman–Crippen MR) is 64.5 cm³/mol. The lowest BCUT2D eigenvalue weighted by Gasteiger charge is -2.02. The summed E-state index contributed by atoms with van der Waals surface area (Å²) in [5, 5.41) is 13.9. The Morgan fingerprint density at radius 3 is 2.56 bits per heavy atom. The van der Waals surface area contributed by atoms with Gasteiger partial charge in [0.1, 0.15) is 10.8 Å². The topological polar surface area (TPSA) is 67.6 Å². The Morgan fingerprint density at radius 2 is 2.06 bits per heavy atom. The van der Waals surface area contributed by atoms with Crippen LogP contribution in [0.25, 0.3) is 5.69 Å². The van der Waals surface area contributed by atoms with Gasteiger partial charge < -0.3 is 5.73 Å². The molecule has 0 unspecified atom stereocenters. The summed E-state index contributed by atoms with van der Waals surface area (Å²) >= 11 is 1.54. The van der Waals surface area contributed by atoms with Crippen LogP contribution in [-0.2, 0) is 0 Å². The number of thioether (sulfide) groups is 1. The van der Waals surface area contributed by atoms with Crippen LogP contribution in [0.5, 0.6) is 0 Å². The van der Waals surface area contributed by atoms with Gasteiger partial charge in [0.25, 0.3) is 0 Å². The number of nitrogens with two attached hydrogens (primary N) is 1. The molecule has 0 aliphatic carbocycles. The molecule has 1 aromatic carbocycles. The Balaban J connectivity index is 2.42. The second kappa shape index (κ2) is 4.29. The van der Waals surface area contributed by atoms with Crippen molar-refractivity contribution in [3.05, 3.63) is 35.9 Å². The lowest BCUT2D eigenvalue weighted by molar-refractivity contribution is 0.846. The molecular weight excluding hydrogens is 220 g/mol. The van der Waals surface area contributed by atoms with Crippen LogP contribution >= 0.6 is 11.8 Å². The third kappa shape index (κ3) is 1.88. The van der Waals surface area contributed by atoms with Crippen LogP contribution in [-0.4, -0.2) is 16.0 Å². The summed E-state index contributed by atoms with van der Waals surface area (Å²) in [5.74, 6) is 0.592. The molecule has 0 saturated carbocycles. The van der Waals surface area contributed by atoms with E-state index < -0.39 is 0 Å². The maximum absolute atomic E-state index is 8.70. The van der Waals surface area contributed by atoms with Gasteiger partial charge >= 0.3 is 0 Å². The van der Waals surface area contributed by atoms with E-state index in [1.165, 1.54) is 0 Å². The van der Waals surface area contributed by atoms with Crippen LogP contribution < -0.4 is 5.73 Å². The maximum atomic E-state index is 8.70. The van der Waals surface area contributed by atoms with E-state index in [0.29, 0.717) is 11.4 Å². The molecule has 1 aromatic heterocycles. The fraction of sp³-hybridized carbons (Fsp3) is 0.0909. The first-order valence-corrected chi connectivity index (χ1v) is 5.87. The number of anilines is 1. The van der Waals surface area contributed by atoms with Crippen molar-refractivity contribution in [2.24, 2.45) is 0 Å². The molecule has 0 atom stereocenters. The Kier molecular flexibility index (Phi) is 2.84. The van der Waals surface area contributed by atoms with E-state index in [1.54, 1.807) is 28.6 Å². The number of hydrogen-bond donors (Lipinski definition) is 1. The number of nitriles is 1. The summed E-state index contributed by atoms with van der Waals surface area (Å²) in [5.41, 5.74) is 7.32. The van der Waals surface area contributed by atoms with Gasteiger partial charge in [-0.3, -0.25) is 0 Å². The molecule has 0 bridgehead atoms. The van der Waals surface area contributed by atoms with Crippen molar-refractivity contribution in [2.75, 3.05) is 12.0 Å². The molecule has 0 fully saturated rings. The van der Waals surface area contributed by atoms with Gasteiger partial charge in [-0.15, -0.1) is 11.8 Å². The highest BCUT2D eigenvalue weighted by Crippen LogP contribution is 2.20. The molecule has 0 saturated heterocycles. The van der Waals surface area contributed by atoms with Gasteiger partial charge in [0.15, 0.2) is 0 Å². The summed E-state index contributed by atoms with van der Waals surface area (Å²) < 4.78 is 1.66. The molecule has 0 aliphatic heterocycles. The average Bonchev–Trinajstić information content (AvgIpc) is 2.71. The average molecular weight is 230 g/mol. The number of benzene rings is 1. The quantitative estimate of drug-likeness (QED) is 0.802. The standard InChI is InChI=1S/C11H10N4S/c1-16-11-6-10(13)15(14-11)9-4-2-8(7-12)3-5-9/h2-6H,13H2,1H3. The largest absolute Gasteiger partial charge is 0.384 e. The Labute approximate surface area is 97.7 Å². The predicted octanol–water partition coefficient (Wildman–Crippen LogP) is 2.05. The van der Waals surface area contributed by atoms with E-state index in [2.05, 4.69) is 11.2 Å². The first-order valence-electron chi connectivity index (χ1n) is 4.64. The van der Waals surface area contributed by atoms with Crippen LogP contribution in [0.2, 0.25) is 0 Å². The zero-order valence-electron chi connectivity index (χ0n) is 8.71. The molecule has 4 nitrogen and oxygen atoms in total. The minimum absolute atomic E-state index is 0.592. The zero-order chi connectivity index (χ0) is 11.5. The molecule has 1 heterocycles. The van der Waals surface area contributed by atoms with E-state index in [9.17, 15) is 0 Å². The molecule has 80 valence electrons. The molecule has 2 N–H and O–H groups in total. The highest BCUT2D eigenvalue weighted by atomic mass is 32.2. The first-order chi connectivity index (χ1) is 7.74. The molecular formula is C11H10N4S. The monoisotopic (exact) mass is 230 g/mol. The van der Waals surface area contributed by atoms with E-state index in [4.69, 9.17) is 11.0 Å². The van der Waals surface area contributed by atoms with Crippen molar-refractivity contribution in [3.63, 3.8) is 0 Å². The molecule has 0 radical (unpaired) electrons. The van der Waals surface area contributed by atoms with E-state index >= 15 is 0 Å². The molecule has 0 amide bonds. The van der Waals surface area contributed by atoms with Crippen LogP contribution in [0.3, 0.4) is 0 Å². The minimum Gasteiger partial charge on any atom is -0.384 e. The van der Waals surface area contributed by atoms with Crippen LogP contribution in [0.15, 0.2) is 35.4 Å². The number of nitrogen functional groups attached to an aromatic ring is 1. The Hall–Kier alpha value is -1.93. The van der Waals surface area contributed by atoms with Crippen molar-refractivity contribution in [3.8, 4) is 11.8 Å². The summed E-state index contributed by atoms with van der Waals surface area (Å²) in [4.78, 5) is 0. The highest BCUT2D eigenvalue weighted by molar-refractivity contribution is 7.98. The summed E-state index contributed by atoms with van der Waals surface area (Å²) in [6.07, 6.45) is 1.95. The molecule has 0 aliphatic rings. The van der Waals surface area contributed by atoms with Gasteiger partial charge in [0.2, 0.25) is 0 Å². The van der Waals surface area contributed by atoms with E-state index in [-0.39, 0.29) is 0 Å². The summed E-state index contributed by atoms with van der Waals surface area (Å²) in [6.45, 7) is 0. The molecule has 0 spiro atoms. The van der Waals surface area contributed by atoms with Crippen LogP contribution in [0.1, 0.15) is 5.56 Å². The first kappa shape index (κ1) is 10.6. The van der Waals surface area contributed by atoms with E-state index in [0.717, 1.165) is 10.7 Å². The summed E-state index contributed by atoms with van der Waals surface area (Å²) in [6, 6.07) is 11.0. The van der Waals surface area contributed by atoms with Crippen molar-refractivity contribution in [1.29, 1.82) is 5.26 Å². The SMILES string of the molecule is CSc1cc(N)n(-c2ccc(C#N)cc2)n1. The maximum Gasteiger partial charge on any atom is 0.128 e. The lowest BCUT2D eigenvalue weighted by Crippen LogP contribution is -2.01. The van der Waals surface area contributed by atoms with Crippen molar-refractivity contribution >= 4 is 17.6 Å². The normalized spacial score (nSPS) is 10.0. The molecule has 2 rings (SSSR count). The third-order valence-electron chi connectivity index (χ3n) is 2.16. The van der Waals surface area contributed by atoms with Gasteiger partial charge in [0.05, 0.1) is 17.3 Å². The second-order valence-electron chi connectivity index (χ2n) is 3.18. The van der Waals surface area contributed by atoms with Crippen molar-refractivity contribution < 1.29 is 0 Å². The third-order valence-corrected chi connectivity index (χ3v) is 2.78. The Bertz CT molecular complexity index is 536. The van der Waals surface area contributed by atoms with Crippen molar-refractivity contribution in [2.45, 2.75) is 5.03 Å². The van der Waals surface area contributed by atoms with Crippen LogP contribution in [0, 0.1) is 11.3 Å². The van der Waals surface area contributed by atoms with Crippen LogP contribution in [0.4, 0.5) is 5.82 Å². The van der Waals surface area contributed by atoms with Crippen molar-refractivity contribution in [1.82, 2.24) is 9.78 Å². The summed E-state index contributed by atoms with van der Waals surface area (Å²) in [7, 11) is 0. The van der Waals surface area contributed by atoms with Gasteiger partial charge in [0, 0.05) is 6.07 Å². The van der Waals surface area contributed by atoms with Gasteiger partial charge in [-0.05, 0) is 30.5 Å². The minimum atomic E-state index is 0.592. The van der Waals surface area contributed by atoms with Gasteiger partial charge in [-0.1, -0.05) is 0 Å². The zero-order valence-corrected chi connectivity index (χ0v) is 9.53. The van der Waals surface area contributed by atoms with Gasteiger partial charge in [-0.25, -0.2) is 4.68 Å².